The Kier molecular flexibility index (Phi) is 7.36. The third kappa shape index (κ3) is 6.62. The Hall–Kier alpha value is -2.17. The molecule has 0 amide bonds. The fourth-order valence-corrected chi connectivity index (χ4v) is 12.6. The van der Waals surface area contributed by atoms with Crippen molar-refractivity contribution in [2.75, 3.05) is 28.3 Å². The molecule has 1 aromatic carbocycles. The third-order valence-electron chi connectivity index (χ3n) is 2.61. The van der Waals surface area contributed by atoms with E-state index in [0.29, 0.717) is 5.69 Å². The number of nitrogens with two attached hydrogens (primary N) is 2. The van der Waals surface area contributed by atoms with Crippen molar-refractivity contribution in [2.45, 2.75) is 0 Å². The van der Waals surface area contributed by atoms with Gasteiger partial charge in [-0.25, -0.2) is 0 Å². The fourth-order valence-electron chi connectivity index (χ4n) is 1.67. The molecule has 0 aliphatic carbocycles. The Morgan fingerprint density at radius 2 is 1.46 bits per heavy atom. The molecule has 1 heterocycles. The molecule has 0 atom stereocenters. The maximum atomic E-state index is 10.8. The number of nitrogen functional groups attached to an aromatic ring is 2. The second kappa shape index (κ2) is 9.51. The van der Waals surface area contributed by atoms with Gasteiger partial charge in [0.25, 0.3) is 0 Å². The number of rotatable bonds is 9. The van der Waals surface area contributed by atoms with Crippen LogP contribution in [0.25, 0.3) is 0 Å². The van der Waals surface area contributed by atoms with E-state index < -0.39 is 24.3 Å². The van der Waals surface area contributed by atoms with Crippen LogP contribution in [0, 0.1) is 0 Å². The molecule has 0 unspecified atom stereocenters. The van der Waals surface area contributed by atoms with Gasteiger partial charge in [0.05, 0.1) is 0 Å². The van der Waals surface area contributed by atoms with Gasteiger partial charge in [0.15, 0.2) is 0 Å². The molecule has 26 heavy (non-hydrogen) atoms. The monoisotopic (exact) mass is 458 g/mol. The first-order valence-corrected chi connectivity index (χ1v) is 14.4. The number of aliphatic carboxylic acids is 2. The van der Waals surface area contributed by atoms with Gasteiger partial charge in [0.1, 0.15) is 0 Å². The predicted molar refractivity (Wildman–Crippen MR) is 104 cm³/mol. The van der Waals surface area contributed by atoms with Crippen LogP contribution in [0.4, 0.5) is 23.5 Å². The number of nitrogens with one attached hydrogen (secondary N) is 1. The third-order valence-corrected chi connectivity index (χ3v) is 15.4. The number of hydrogen-bond acceptors (Lipinski definition) is 10. The van der Waals surface area contributed by atoms with Gasteiger partial charge in [-0.3, -0.25) is 0 Å². The molecule has 7 N–H and O–H groups in total. The van der Waals surface area contributed by atoms with Gasteiger partial charge in [0.2, 0.25) is 0 Å². The van der Waals surface area contributed by atoms with E-state index in [1.807, 2.05) is 12.1 Å². The summed E-state index contributed by atoms with van der Waals surface area (Å²) in [6, 6.07) is 7.21. The quantitative estimate of drug-likeness (QED) is 0.321. The van der Waals surface area contributed by atoms with E-state index in [1.54, 1.807) is 12.1 Å². The van der Waals surface area contributed by atoms with Crippen LogP contribution in [0.5, 0.6) is 0 Å². The molecular weight excluding hydrogens is 443 g/mol. The van der Waals surface area contributed by atoms with Crippen LogP contribution in [-0.2, 0) is 9.59 Å². The van der Waals surface area contributed by atoms with E-state index in [-0.39, 0.29) is 29.4 Å². The van der Waals surface area contributed by atoms with E-state index in [0.717, 1.165) is 4.35 Å². The molecule has 10 nitrogen and oxygen atoms in total. The summed E-state index contributed by atoms with van der Waals surface area (Å²) < 4.78 is 0.940. The van der Waals surface area contributed by atoms with Crippen molar-refractivity contribution in [1.82, 2.24) is 15.0 Å². The second-order valence-corrected chi connectivity index (χ2v) is 16.1. The minimum absolute atomic E-state index is 0.000367. The summed E-state index contributed by atoms with van der Waals surface area (Å²) in [5.41, 5.74) is 11.7. The summed E-state index contributed by atoms with van der Waals surface area (Å²) in [7, 11) is 2.60. The average Bonchev–Trinajstić information content (AvgIpc) is 2.54. The second-order valence-electron chi connectivity index (χ2n) is 4.64. The van der Waals surface area contributed by atoms with Crippen LogP contribution in [0.3, 0.4) is 0 Å². The first-order valence-electron chi connectivity index (χ1n) is 6.97. The molecule has 0 saturated heterocycles. The number of carbonyl (C=O) groups is 2. The van der Waals surface area contributed by atoms with E-state index in [2.05, 4.69) is 20.3 Å². The number of aromatic nitrogens is 3. The van der Waals surface area contributed by atoms with Crippen LogP contribution in [0.2, 0.25) is 0 Å². The zero-order valence-electron chi connectivity index (χ0n) is 13.2. The van der Waals surface area contributed by atoms with Crippen LogP contribution < -0.4 is 21.1 Å². The standard InChI is InChI=1S/C13H15AsN6O4S2/c15-11-18-12(16)20-13(19-11)17-8-3-1-7(2-4-8)14(25-5-9(21)22)26-6-10(23)24/h1-4H,5-6H2,(H,21,22)(H,23,24)(H5,15,16,17,18,19,20). The SMILES string of the molecule is Nc1nc(N)nc(Nc2ccc([As](SCC(=O)O)SCC(=O)O)cc2)n1. The van der Waals surface area contributed by atoms with Crippen molar-refractivity contribution in [3.63, 3.8) is 0 Å². The normalized spacial score (nSPS) is 10.7. The van der Waals surface area contributed by atoms with E-state index in [4.69, 9.17) is 21.7 Å². The Morgan fingerprint density at radius 1 is 0.962 bits per heavy atom. The van der Waals surface area contributed by atoms with Gasteiger partial charge in [-0.05, 0) is 0 Å². The molecule has 0 saturated carbocycles. The van der Waals surface area contributed by atoms with Crippen molar-refractivity contribution in [1.29, 1.82) is 0 Å². The first kappa shape index (κ1) is 20.1. The summed E-state index contributed by atoms with van der Waals surface area (Å²) in [6.45, 7) is 0. The number of carboxylic acid groups (broad SMARTS) is 2. The van der Waals surface area contributed by atoms with Gasteiger partial charge in [0, 0.05) is 0 Å². The van der Waals surface area contributed by atoms with Crippen molar-refractivity contribution in [3.05, 3.63) is 24.3 Å². The van der Waals surface area contributed by atoms with Crippen LogP contribution in [0.15, 0.2) is 24.3 Å². The molecule has 2 aromatic rings. The van der Waals surface area contributed by atoms with Crippen molar-refractivity contribution >= 4 is 72.2 Å². The average molecular weight is 458 g/mol. The molecule has 138 valence electrons. The fraction of sp³-hybridized carbons (Fsp3) is 0.154. The first-order chi connectivity index (χ1) is 12.3. The van der Waals surface area contributed by atoms with Gasteiger partial charge in [-0.15, -0.1) is 0 Å². The molecule has 0 aliphatic rings. The summed E-state index contributed by atoms with van der Waals surface area (Å²) in [6.07, 6.45) is 0. The molecule has 0 radical (unpaired) electrons. The van der Waals surface area contributed by atoms with Crippen LogP contribution in [-0.4, -0.2) is 60.9 Å². The summed E-state index contributed by atoms with van der Waals surface area (Å²) in [5.74, 6) is -1.76. The summed E-state index contributed by atoms with van der Waals surface area (Å²) in [4.78, 5) is 33.1. The minimum atomic E-state index is -1.94. The molecule has 0 spiro atoms. The zero-order valence-corrected chi connectivity index (χ0v) is 16.7. The van der Waals surface area contributed by atoms with Gasteiger partial charge in [-0.2, -0.15) is 0 Å². The van der Waals surface area contributed by atoms with E-state index >= 15 is 0 Å². The molecule has 0 aliphatic heterocycles. The topological polar surface area (TPSA) is 177 Å². The Bertz CT molecular complexity index is 756. The van der Waals surface area contributed by atoms with Crippen molar-refractivity contribution in [3.8, 4) is 0 Å². The van der Waals surface area contributed by atoms with Gasteiger partial charge in [-0.1, -0.05) is 0 Å². The Labute approximate surface area is 159 Å². The molecule has 2 rings (SSSR count). The van der Waals surface area contributed by atoms with Crippen LogP contribution >= 0.6 is 20.0 Å². The van der Waals surface area contributed by atoms with E-state index in [1.165, 1.54) is 20.0 Å². The number of nitrogens with zero attached hydrogens (tertiary/aromatic N) is 3. The summed E-state index contributed by atoms with van der Waals surface area (Å²) in [5, 5.41) is 20.7. The Morgan fingerprint density at radius 3 is 1.92 bits per heavy atom. The Balaban J connectivity index is 2.10. The van der Waals surface area contributed by atoms with E-state index in [9.17, 15) is 9.59 Å². The van der Waals surface area contributed by atoms with Crippen molar-refractivity contribution in [2.24, 2.45) is 0 Å². The van der Waals surface area contributed by atoms with Gasteiger partial charge < -0.3 is 0 Å². The molecule has 0 fully saturated rings. The number of anilines is 4. The number of benzene rings is 1. The molecule has 13 heteroatoms. The molecular formula is C13H15AsN6O4S2. The number of hydrogen-bond donors (Lipinski definition) is 5. The van der Waals surface area contributed by atoms with Crippen molar-refractivity contribution < 1.29 is 19.8 Å². The molecule has 1 aromatic heterocycles. The maximum absolute atomic E-state index is 10.8. The molecule has 0 bridgehead atoms. The predicted octanol–water partition coefficient (Wildman–Crippen LogP) is 0.110. The van der Waals surface area contributed by atoms with Gasteiger partial charge >= 0.3 is 160 Å². The summed E-state index contributed by atoms with van der Waals surface area (Å²) >= 11 is -1.94. The number of carboxylic acids is 2. The van der Waals surface area contributed by atoms with Crippen LogP contribution in [0.1, 0.15) is 0 Å². The zero-order chi connectivity index (χ0) is 19.1.